The Morgan fingerprint density at radius 2 is 1.88 bits per heavy atom. The standard InChI is InChI=1S/C24H23ClN6OS/c1-3-4-14-33-24-27-23(32)20-17-12-8-9-13-18(17)26-22(31(20)29-24)19-15(2)28-30(21(19)25)16-10-6-5-7-11-16/h5-13,22H,3-4,14H2,1-2H3,(H,27,29,32). The summed E-state index contributed by atoms with van der Waals surface area (Å²) in [5, 5.41) is 16.6. The number of aromatic nitrogens is 2. The van der Waals surface area contributed by atoms with E-state index in [0.717, 1.165) is 46.1 Å². The van der Waals surface area contributed by atoms with Gasteiger partial charge in [0, 0.05) is 11.0 Å². The lowest BCUT2D eigenvalue weighted by atomic mass is 10.1. The van der Waals surface area contributed by atoms with Crippen molar-refractivity contribution in [3.05, 3.63) is 81.6 Å². The fourth-order valence-corrected chi connectivity index (χ4v) is 5.25. The Labute approximate surface area is 200 Å². The number of hydrogen-bond donors (Lipinski definition) is 1. The maximum Gasteiger partial charge on any atom is 0.276 e. The van der Waals surface area contributed by atoms with Crippen LogP contribution in [0.5, 0.6) is 0 Å². The highest BCUT2D eigenvalue weighted by Gasteiger charge is 2.37. The Balaban J connectivity index is 1.67. The smallest absolute Gasteiger partial charge is 0.276 e. The van der Waals surface area contributed by atoms with E-state index >= 15 is 0 Å². The van der Waals surface area contributed by atoms with Crippen LogP contribution in [-0.4, -0.2) is 31.6 Å². The summed E-state index contributed by atoms with van der Waals surface area (Å²) in [5.74, 6) is 0.684. The Morgan fingerprint density at radius 3 is 2.67 bits per heavy atom. The maximum absolute atomic E-state index is 13.2. The zero-order valence-corrected chi connectivity index (χ0v) is 19.9. The predicted molar refractivity (Wildman–Crippen MR) is 131 cm³/mol. The Hall–Kier alpha value is -3.10. The molecule has 0 aliphatic carbocycles. The van der Waals surface area contributed by atoms with Crippen LogP contribution in [0.1, 0.15) is 37.2 Å². The van der Waals surface area contributed by atoms with Gasteiger partial charge in [0.1, 0.15) is 10.9 Å². The fourth-order valence-electron chi connectivity index (χ4n) is 3.94. The van der Waals surface area contributed by atoms with Crippen molar-refractivity contribution >= 4 is 40.1 Å². The zero-order chi connectivity index (χ0) is 22.9. The zero-order valence-electron chi connectivity index (χ0n) is 18.3. The molecule has 0 spiro atoms. The molecule has 7 nitrogen and oxygen atoms in total. The van der Waals surface area contributed by atoms with Crippen LogP contribution in [0.4, 0.5) is 0 Å². The van der Waals surface area contributed by atoms with Crippen LogP contribution in [0, 0.1) is 6.92 Å². The lowest BCUT2D eigenvalue weighted by Crippen LogP contribution is -2.50. The minimum absolute atomic E-state index is 0.194. The van der Waals surface area contributed by atoms with E-state index in [1.807, 2.05) is 61.5 Å². The monoisotopic (exact) mass is 478 g/mol. The van der Waals surface area contributed by atoms with Gasteiger partial charge in [-0.3, -0.25) is 15.1 Å². The third-order valence-corrected chi connectivity index (χ3v) is 6.87. The molecule has 5 rings (SSSR count). The first kappa shape index (κ1) is 21.7. The van der Waals surface area contributed by atoms with Crippen molar-refractivity contribution in [3.8, 4) is 5.69 Å². The van der Waals surface area contributed by atoms with Gasteiger partial charge in [0.2, 0.25) is 0 Å². The number of hydrogen-bond acceptors (Lipinski definition) is 6. The molecule has 9 heteroatoms. The van der Waals surface area contributed by atoms with Crippen molar-refractivity contribution in [2.45, 2.75) is 32.9 Å². The Bertz CT molecular complexity index is 1370. The molecule has 1 aromatic heterocycles. The van der Waals surface area contributed by atoms with Gasteiger partial charge in [0.25, 0.3) is 5.91 Å². The van der Waals surface area contributed by atoms with Crippen LogP contribution in [-0.2, 0) is 4.79 Å². The lowest BCUT2D eigenvalue weighted by Gasteiger charge is -2.34. The number of unbranched alkanes of at least 4 members (excludes halogenated alkanes) is 1. The molecule has 168 valence electrons. The molecule has 2 aliphatic rings. The summed E-state index contributed by atoms with van der Waals surface area (Å²) in [6.07, 6.45) is 1.52. The van der Waals surface area contributed by atoms with Crippen molar-refractivity contribution in [1.29, 1.82) is 0 Å². The van der Waals surface area contributed by atoms with Crippen LogP contribution in [0.2, 0.25) is 5.15 Å². The number of benzene rings is 2. The van der Waals surface area contributed by atoms with E-state index in [9.17, 15) is 4.79 Å². The number of aryl methyl sites for hydroxylation is 1. The van der Waals surface area contributed by atoms with Crippen molar-refractivity contribution in [2.24, 2.45) is 10.1 Å². The molecular formula is C24H23ClN6OS. The molecule has 3 aromatic rings. The number of rotatable bonds is 5. The summed E-state index contributed by atoms with van der Waals surface area (Å²) in [6.45, 7) is 4.04. The van der Waals surface area contributed by atoms with Crippen LogP contribution < -0.4 is 15.9 Å². The molecule has 2 aromatic carbocycles. The van der Waals surface area contributed by atoms with E-state index in [1.165, 1.54) is 11.8 Å². The van der Waals surface area contributed by atoms with Gasteiger partial charge < -0.3 is 0 Å². The Kier molecular flexibility index (Phi) is 5.95. The van der Waals surface area contributed by atoms with Crippen molar-refractivity contribution < 1.29 is 4.79 Å². The summed E-state index contributed by atoms with van der Waals surface area (Å²) >= 11 is 8.42. The van der Waals surface area contributed by atoms with Gasteiger partial charge in [-0.05, 0) is 31.5 Å². The number of para-hydroxylation sites is 2. The van der Waals surface area contributed by atoms with Crippen molar-refractivity contribution in [3.63, 3.8) is 0 Å². The van der Waals surface area contributed by atoms with Gasteiger partial charge >= 0.3 is 0 Å². The quantitative estimate of drug-likeness (QED) is 0.569. The molecule has 1 amide bonds. The second kappa shape index (κ2) is 9.03. The van der Waals surface area contributed by atoms with E-state index in [4.69, 9.17) is 21.7 Å². The van der Waals surface area contributed by atoms with Crippen molar-refractivity contribution in [1.82, 2.24) is 20.1 Å². The number of carbonyl (C=O) groups is 1. The SMILES string of the molecule is CCCCSC1=NN2C(=c3ccccc3=NC2c2c(C)nn(-c3ccccc3)c2Cl)C(=O)N1. The number of amides is 1. The first-order valence-corrected chi connectivity index (χ1v) is 12.2. The molecule has 1 N–H and O–H groups in total. The first-order chi connectivity index (χ1) is 16.1. The van der Waals surface area contributed by atoms with Gasteiger partial charge in [-0.25, -0.2) is 9.69 Å². The molecule has 3 heterocycles. The molecule has 1 unspecified atom stereocenters. The highest BCUT2D eigenvalue weighted by molar-refractivity contribution is 8.13. The number of amidine groups is 1. The second-order valence-corrected chi connectivity index (χ2v) is 9.25. The van der Waals surface area contributed by atoms with E-state index in [2.05, 4.69) is 17.3 Å². The minimum atomic E-state index is -0.604. The van der Waals surface area contributed by atoms with E-state index < -0.39 is 6.17 Å². The topological polar surface area (TPSA) is 74.9 Å². The summed E-state index contributed by atoms with van der Waals surface area (Å²) in [7, 11) is 0. The molecule has 0 radical (unpaired) electrons. The molecule has 1 atom stereocenters. The number of nitrogens with one attached hydrogen (secondary N) is 1. The number of hydrazone groups is 1. The molecule has 0 bridgehead atoms. The van der Waals surface area contributed by atoms with Crippen LogP contribution in [0.15, 0.2) is 64.7 Å². The highest BCUT2D eigenvalue weighted by Crippen LogP contribution is 2.37. The van der Waals surface area contributed by atoms with Crippen molar-refractivity contribution in [2.75, 3.05) is 5.75 Å². The minimum Gasteiger partial charge on any atom is -0.298 e. The lowest BCUT2D eigenvalue weighted by molar-refractivity contribution is -0.116. The molecule has 0 saturated carbocycles. The number of nitrogens with zero attached hydrogens (tertiary/aromatic N) is 5. The summed E-state index contributed by atoms with van der Waals surface area (Å²) in [4.78, 5) is 18.2. The van der Waals surface area contributed by atoms with E-state index in [-0.39, 0.29) is 5.91 Å². The van der Waals surface area contributed by atoms with E-state index in [0.29, 0.717) is 16.0 Å². The summed E-state index contributed by atoms with van der Waals surface area (Å²) in [5.41, 5.74) is 2.78. The third kappa shape index (κ3) is 3.94. The maximum atomic E-state index is 13.2. The van der Waals surface area contributed by atoms with Gasteiger partial charge in [-0.1, -0.05) is 73.1 Å². The molecular weight excluding hydrogens is 456 g/mol. The predicted octanol–water partition coefficient (Wildman–Crippen LogP) is 3.51. The second-order valence-electron chi connectivity index (χ2n) is 7.81. The van der Waals surface area contributed by atoms with Gasteiger partial charge in [-0.2, -0.15) is 5.10 Å². The van der Waals surface area contributed by atoms with Gasteiger partial charge in [-0.15, -0.1) is 5.10 Å². The normalized spacial score (nSPS) is 17.1. The van der Waals surface area contributed by atoms with Crippen LogP contribution in [0.3, 0.4) is 0 Å². The van der Waals surface area contributed by atoms with Gasteiger partial charge in [0.05, 0.1) is 22.3 Å². The average Bonchev–Trinajstić information content (AvgIpc) is 3.12. The summed E-state index contributed by atoms with van der Waals surface area (Å²) < 4.78 is 1.70. The Morgan fingerprint density at radius 1 is 1.12 bits per heavy atom. The summed E-state index contributed by atoms with van der Waals surface area (Å²) in [6, 6.07) is 17.3. The van der Waals surface area contributed by atoms with Crippen LogP contribution >= 0.6 is 23.4 Å². The number of fused-ring (bicyclic) bond motifs is 2. The molecule has 2 aliphatic heterocycles. The molecule has 0 saturated heterocycles. The highest BCUT2D eigenvalue weighted by atomic mass is 35.5. The number of carbonyl (C=O) groups excluding carboxylic acids is 1. The van der Waals surface area contributed by atoms with Gasteiger partial charge in [0.15, 0.2) is 11.3 Å². The number of thioether (sulfide) groups is 1. The molecule has 0 fully saturated rings. The van der Waals surface area contributed by atoms with E-state index in [1.54, 1.807) is 9.69 Å². The fraction of sp³-hybridized carbons (Fsp3) is 0.250. The molecule has 33 heavy (non-hydrogen) atoms. The van der Waals surface area contributed by atoms with Crippen LogP contribution in [0.25, 0.3) is 11.4 Å². The first-order valence-electron chi connectivity index (χ1n) is 10.9. The largest absolute Gasteiger partial charge is 0.298 e. The third-order valence-electron chi connectivity index (χ3n) is 5.56. The average molecular weight is 479 g/mol. The number of halogens is 1.